The number of nitrogens with zero attached hydrogens (tertiary/aromatic N) is 4. The fourth-order valence-electron chi connectivity index (χ4n) is 4.22. The first-order valence-electron chi connectivity index (χ1n) is 11.5. The van der Waals surface area contributed by atoms with Gasteiger partial charge in [-0.05, 0) is 44.5 Å². The van der Waals surface area contributed by atoms with Gasteiger partial charge in [-0.1, -0.05) is 25.4 Å². The van der Waals surface area contributed by atoms with Gasteiger partial charge in [-0.2, -0.15) is 4.98 Å². The number of fused-ring (bicyclic) bond motifs is 1. The number of pyridine rings is 1. The van der Waals surface area contributed by atoms with E-state index in [1.807, 2.05) is 26.1 Å². The molecule has 4 rings (SSSR count). The number of nitrogens with two attached hydrogens (primary N) is 1. The summed E-state index contributed by atoms with van der Waals surface area (Å²) < 4.78 is 5.53. The first kappa shape index (κ1) is 24.7. The number of ether oxygens (including phenoxy) is 1. The summed E-state index contributed by atoms with van der Waals surface area (Å²) >= 11 is 6.47. The lowest BCUT2D eigenvalue weighted by Crippen LogP contribution is -2.27. The van der Waals surface area contributed by atoms with E-state index < -0.39 is 0 Å². The summed E-state index contributed by atoms with van der Waals surface area (Å²) in [5, 5.41) is 3.54. The number of aryl methyl sites for hydroxylation is 1. The van der Waals surface area contributed by atoms with Crippen molar-refractivity contribution < 1.29 is 9.53 Å². The third-order valence-electron chi connectivity index (χ3n) is 5.95. The first-order valence-corrected chi connectivity index (χ1v) is 11.8. The molecule has 0 spiro atoms. The first-order chi connectivity index (χ1) is 16.7. The van der Waals surface area contributed by atoms with Crippen LogP contribution in [0.4, 0.5) is 11.8 Å². The molecule has 0 aromatic carbocycles. The molecule has 4 heterocycles. The number of carbonyl (C=O) groups excluding carboxylic acids is 1. The van der Waals surface area contributed by atoms with Crippen molar-refractivity contribution in [3.05, 3.63) is 57.3 Å². The SMILES string of the molecule is COc1c(C)cnc(CN2C(=O)/C(=C\c3cc(CCNC(C)C)c[nH]3)c3c(Cl)nc(N)nc32)c1C. The average molecular weight is 496 g/mol. The second kappa shape index (κ2) is 10.1. The van der Waals surface area contributed by atoms with Crippen molar-refractivity contribution in [2.24, 2.45) is 0 Å². The molecule has 1 aliphatic heterocycles. The Morgan fingerprint density at radius 1 is 1.31 bits per heavy atom. The number of nitrogen functional groups attached to an aromatic ring is 1. The Kier molecular flexibility index (Phi) is 7.09. The highest BCUT2D eigenvalue weighted by atomic mass is 35.5. The second-order valence-corrected chi connectivity index (χ2v) is 9.25. The average Bonchev–Trinajstić information content (AvgIpc) is 3.33. The van der Waals surface area contributed by atoms with E-state index in [9.17, 15) is 4.79 Å². The van der Waals surface area contributed by atoms with Gasteiger partial charge >= 0.3 is 0 Å². The predicted octanol–water partition coefficient (Wildman–Crippen LogP) is 3.69. The molecule has 3 aromatic rings. The molecule has 0 saturated heterocycles. The maximum atomic E-state index is 13.6. The van der Waals surface area contributed by atoms with Crippen LogP contribution < -0.4 is 20.7 Å². The minimum Gasteiger partial charge on any atom is -0.496 e. The summed E-state index contributed by atoms with van der Waals surface area (Å²) in [4.78, 5) is 31.4. The van der Waals surface area contributed by atoms with Crippen LogP contribution in [0.5, 0.6) is 5.75 Å². The normalized spacial score (nSPS) is 14.3. The largest absolute Gasteiger partial charge is 0.496 e. The van der Waals surface area contributed by atoms with Gasteiger partial charge in [0.2, 0.25) is 5.95 Å². The Labute approximate surface area is 209 Å². The lowest BCUT2D eigenvalue weighted by atomic mass is 10.1. The molecule has 0 fully saturated rings. The molecule has 9 nitrogen and oxygen atoms in total. The zero-order chi connectivity index (χ0) is 25.3. The van der Waals surface area contributed by atoms with E-state index in [4.69, 9.17) is 22.1 Å². The number of hydrogen-bond acceptors (Lipinski definition) is 7. The van der Waals surface area contributed by atoms with E-state index >= 15 is 0 Å². The minimum absolute atomic E-state index is 0.00113. The van der Waals surface area contributed by atoms with Gasteiger partial charge in [0, 0.05) is 35.3 Å². The Bertz CT molecular complexity index is 1300. The van der Waals surface area contributed by atoms with Crippen molar-refractivity contribution in [3.8, 4) is 5.75 Å². The van der Waals surface area contributed by atoms with Gasteiger partial charge in [0.25, 0.3) is 5.91 Å². The molecule has 0 atom stereocenters. The minimum atomic E-state index is -0.250. The number of aromatic nitrogens is 4. The molecule has 10 heteroatoms. The van der Waals surface area contributed by atoms with Crippen LogP contribution in [-0.4, -0.2) is 45.5 Å². The van der Waals surface area contributed by atoms with Crippen LogP contribution in [0.15, 0.2) is 18.5 Å². The van der Waals surface area contributed by atoms with E-state index in [-0.39, 0.29) is 23.6 Å². The van der Waals surface area contributed by atoms with Crippen LogP contribution in [0.3, 0.4) is 0 Å². The molecule has 1 amide bonds. The third-order valence-corrected chi connectivity index (χ3v) is 6.23. The van der Waals surface area contributed by atoms with E-state index in [0.717, 1.165) is 41.1 Å². The van der Waals surface area contributed by atoms with Gasteiger partial charge in [0.15, 0.2) is 5.82 Å². The van der Waals surface area contributed by atoms with Gasteiger partial charge in [0.05, 0.1) is 30.5 Å². The summed E-state index contributed by atoms with van der Waals surface area (Å²) in [5.74, 6) is 0.857. The second-order valence-electron chi connectivity index (χ2n) is 8.89. The Balaban J connectivity index is 1.69. The standard InChI is InChI=1S/C25H30ClN7O2/c1-13(2)28-7-6-16-8-17(29-11-16)9-18-20-22(26)31-25(27)32-23(20)33(24(18)34)12-19-15(4)21(35-5)14(3)10-30-19/h8-11,13,28-29H,6-7,12H2,1-5H3,(H2,27,31,32)/b18-9-. The summed E-state index contributed by atoms with van der Waals surface area (Å²) in [6.45, 7) is 9.13. The van der Waals surface area contributed by atoms with Crippen molar-refractivity contribution in [2.75, 3.05) is 24.3 Å². The molecule has 0 aliphatic carbocycles. The van der Waals surface area contributed by atoms with Gasteiger partial charge in [-0.3, -0.25) is 14.7 Å². The summed E-state index contributed by atoms with van der Waals surface area (Å²) in [5.41, 5.74) is 11.1. The number of H-pyrrole nitrogens is 1. The molecule has 35 heavy (non-hydrogen) atoms. The van der Waals surface area contributed by atoms with E-state index in [0.29, 0.717) is 28.7 Å². The quantitative estimate of drug-likeness (QED) is 0.322. The molecule has 0 unspecified atom stereocenters. The molecule has 184 valence electrons. The van der Waals surface area contributed by atoms with E-state index in [1.54, 1.807) is 19.4 Å². The highest BCUT2D eigenvalue weighted by molar-refractivity contribution is 6.41. The number of halogens is 1. The topological polar surface area (TPSA) is 122 Å². The molecule has 0 bridgehead atoms. The van der Waals surface area contributed by atoms with Gasteiger partial charge in [-0.25, -0.2) is 4.98 Å². The lowest BCUT2D eigenvalue weighted by Gasteiger charge is -2.19. The summed E-state index contributed by atoms with van der Waals surface area (Å²) in [6.07, 6.45) is 6.33. The van der Waals surface area contributed by atoms with Crippen LogP contribution in [0.1, 0.15) is 47.5 Å². The molecule has 4 N–H and O–H groups in total. The predicted molar refractivity (Wildman–Crippen MR) is 138 cm³/mol. The number of aromatic amines is 1. The number of amides is 1. The maximum absolute atomic E-state index is 13.6. The monoisotopic (exact) mass is 495 g/mol. The van der Waals surface area contributed by atoms with E-state index in [1.165, 1.54) is 4.90 Å². The van der Waals surface area contributed by atoms with Crippen LogP contribution in [-0.2, 0) is 17.8 Å². The van der Waals surface area contributed by atoms with Crippen LogP contribution >= 0.6 is 11.6 Å². The summed E-state index contributed by atoms with van der Waals surface area (Å²) in [6, 6.07) is 2.45. The Morgan fingerprint density at radius 3 is 2.80 bits per heavy atom. The number of methoxy groups -OCH3 is 1. The molecule has 0 saturated carbocycles. The van der Waals surface area contributed by atoms with Crippen LogP contribution in [0.2, 0.25) is 5.15 Å². The zero-order valence-corrected chi connectivity index (χ0v) is 21.3. The third kappa shape index (κ3) is 5.01. The molecular weight excluding hydrogens is 466 g/mol. The van der Waals surface area contributed by atoms with E-state index in [2.05, 4.69) is 39.1 Å². The fourth-order valence-corrected chi connectivity index (χ4v) is 4.49. The van der Waals surface area contributed by atoms with Crippen molar-refractivity contribution in [1.82, 2.24) is 25.3 Å². The van der Waals surface area contributed by atoms with Gasteiger partial charge in [0.1, 0.15) is 10.9 Å². The highest BCUT2D eigenvalue weighted by Gasteiger charge is 2.37. The van der Waals surface area contributed by atoms with Crippen molar-refractivity contribution in [2.45, 2.75) is 46.7 Å². The van der Waals surface area contributed by atoms with Crippen molar-refractivity contribution in [1.29, 1.82) is 0 Å². The fraction of sp³-hybridized carbons (Fsp3) is 0.360. The number of nitrogens with one attached hydrogen (secondary N) is 2. The number of hydrogen-bond donors (Lipinski definition) is 3. The lowest BCUT2D eigenvalue weighted by molar-refractivity contribution is -0.113. The van der Waals surface area contributed by atoms with Crippen LogP contribution in [0, 0.1) is 13.8 Å². The van der Waals surface area contributed by atoms with Crippen molar-refractivity contribution in [3.63, 3.8) is 0 Å². The number of carbonyl (C=O) groups is 1. The van der Waals surface area contributed by atoms with Crippen LogP contribution in [0.25, 0.3) is 11.6 Å². The number of rotatable bonds is 8. The zero-order valence-electron chi connectivity index (χ0n) is 20.6. The molecule has 3 aromatic heterocycles. The van der Waals surface area contributed by atoms with Gasteiger partial charge < -0.3 is 20.8 Å². The molecular formula is C25H30ClN7O2. The smallest absolute Gasteiger partial charge is 0.260 e. The van der Waals surface area contributed by atoms with Crippen molar-refractivity contribution >= 4 is 40.9 Å². The Hall–Kier alpha value is -3.43. The highest BCUT2D eigenvalue weighted by Crippen LogP contribution is 2.41. The Morgan fingerprint density at radius 2 is 2.09 bits per heavy atom. The maximum Gasteiger partial charge on any atom is 0.260 e. The molecule has 0 radical (unpaired) electrons. The molecule has 1 aliphatic rings. The summed E-state index contributed by atoms with van der Waals surface area (Å²) in [7, 11) is 1.62. The number of anilines is 2. The van der Waals surface area contributed by atoms with Gasteiger partial charge in [-0.15, -0.1) is 0 Å².